The van der Waals surface area contributed by atoms with Crippen molar-refractivity contribution in [1.82, 2.24) is 0 Å². The van der Waals surface area contributed by atoms with Crippen molar-refractivity contribution >= 4 is 5.97 Å². The molecule has 0 spiro atoms. The maximum Gasteiger partial charge on any atom is 0.306 e. The van der Waals surface area contributed by atoms with Gasteiger partial charge in [-0.15, -0.1) is 0 Å². The van der Waals surface area contributed by atoms with Gasteiger partial charge >= 0.3 is 5.97 Å². The molecule has 0 aliphatic carbocycles. The van der Waals surface area contributed by atoms with Gasteiger partial charge in [0.25, 0.3) is 0 Å². The molecule has 0 aromatic rings. The highest BCUT2D eigenvalue weighted by Crippen LogP contribution is 2.17. The number of hydrogen-bond donors (Lipinski definition) is 0. The maximum atomic E-state index is 12.0. The molecule has 0 saturated heterocycles. The van der Waals surface area contributed by atoms with Crippen LogP contribution < -0.4 is 0 Å². The van der Waals surface area contributed by atoms with Gasteiger partial charge in [0.15, 0.2) is 0 Å². The van der Waals surface area contributed by atoms with E-state index in [0.29, 0.717) is 18.3 Å². The van der Waals surface area contributed by atoms with Crippen molar-refractivity contribution in [2.75, 3.05) is 0 Å². The van der Waals surface area contributed by atoms with Crippen LogP contribution in [-0.4, -0.2) is 12.1 Å². The molecule has 0 fully saturated rings. The number of esters is 1. The van der Waals surface area contributed by atoms with Crippen molar-refractivity contribution in [3.63, 3.8) is 0 Å². The van der Waals surface area contributed by atoms with Gasteiger partial charge in [0.05, 0.1) is 0 Å². The molecule has 0 aromatic carbocycles. The van der Waals surface area contributed by atoms with Crippen LogP contribution >= 0.6 is 0 Å². The summed E-state index contributed by atoms with van der Waals surface area (Å²) in [5.41, 5.74) is 0. The second-order valence-corrected chi connectivity index (χ2v) is 8.42. The summed E-state index contributed by atoms with van der Waals surface area (Å²) in [6, 6.07) is 0. The zero-order chi connectivity index (χ0) is 21.7. The summed E-state index contributed by atoms with van der Waals surface area (Å²) >= 11 is 0. The lowest BCUT2D eigenvalue weighted by atomic mass is 9.96. The number of carbonyl (C=O) groups excluding carboxylic acids is 1. The monoisotopic (exact) mass is 402 g/mol. The molecule has 0 amide bonds. The van der Waals surface area contributed by atoms with Gasteiger partial charge in [-0.1, -0.05) is 96.1 Å². The van der Waals surface area contributed by atoms with Crippen LogP contribution in [0, 0.1) is 11.8 Å². The fourth-order valence-electron chi connectivity index (χ4n) is 3.18. The molecule has 166 valence electrons. The predicted molar refractivity (Wildman–Crippen MR) is 128 cm³/mol. The highest BCUT2D eigenvalue weighted by atomic mass is 16.5. The van der Waals surface area contributed by atoms with Crippen LogP contribution in [0.2, 0.25) is 0 Å². The van der Waals surface area contributed by atoms with E-state index in [1.54, 1.807) is 0 Å². The molecule has 0 aromatic heterocycles. The molecule has 0 aliphatic heterocycles. The first-order valence-electron chi connectivity index (χ1n) is 11.8. The molecular weight excluding hydrogens is 356 g/mol. The Bertz CT molecular complexity index is 487. The van der Waals surface area contributed by atoms with Gasteiger partial charge in [-0.3, -0.25) is 4.79 Å². The van der Waals surface area contributed by atoms with Crippen LogP contribution in [0.15, 0.2) is 48.6 Å². The topological polar surface area (TPSA) is 26.3 Å². The molecule has 0 saturated carbocycles. The van der Waals surface area contributed by atoms with Crippen LogP contribution in [0.25, 0.3) is 0 Å². The number of carbonyl (C=O) groups is 1. The average Bonchev–Trinajstić information content (AvgIpc) is 2.68. The fraction of sp³-hybridized carbons (Fsp3) is 0.667. The Kier molecular flexibility index (Phi) is 18.7. The summed E-state index contributed by atoms with van der Waals surface area (Å²) in [5.74, 6) is 0.674. The van der Waals surface area contributed by atoms with Gasteiger partial charge in [-0.05, 0) is 56.8 Å². The quantitative estimate of drug-likeness (QED) is 0.139. The summed E-state index contributed by atoms with van der Waals surface area (Å²) in [5, 5.41) is 0. The minimum absolute atomic E-state index is 0.0269. The highest BCUT2D eigenvalue weighted by molar-refractivity contribution is 5.69. The molecule has 2 heteroatoms. The molecule has 2 nitrogen and oxygen atoms in total. The van der Waals surface area contributed by atoms with Crippen LogP contribution in [0.4, 0.5) is 0 Å². The highest BCUT2D eigenvalue weighted by Gasteiger charge is 2.21. The number of unbranched alkanes of at least 4 members (excludes halogenated alkanes) is 4. The third-order valence-corrected chi connectivity index (χ3v) is 4.79. The Balaban J connectivity index is 3.68. The van der Waals surface area contributed by atoms with Crippen LogP contribution in [0.5, 0.6) is 0 Å². The van der Waals surface area contributed by atoms with Crippen LogP contribution in [0.3, 0.4) is 0 Å². The third-order valence-electron chi connectivity index (χ3n) is 4.79. The summed E-state index contributed by atoms with van der Waals surface area (Å²) in [4.78, 5) is 12.0. The lowest BCUT2D eigenvalue weighted by Gasteiger charge is -2.24. The Morgan fingerprint density at radius 3 is 1.59 bits per heavy atom. The lowest BCUT2D eigenvalue weighted by molar-refractivity contribution is -0.154. The van der Waals surface area contributed by atoms with Gasteiger partial charge in [0, 0.05) is 6.42 Å². The number of hydrogen-bond acceptors (Lipinski definition) is 2. The normalized spacial score (nSPS) is 12.8. The lowest BCUT2D eigenvalue weighted by Crippen LogP contribution is -2.28. The van der Waals surface area contributed by atoms with E-state index in [9.17, 15) is 4.79 Å². The summed E-state index contributed by atoms with van der Waals surface area (Å²) in [6.45, 7) is 10.7. The smallest absolute Gasteiger partial charge is 0.306 e. The van der Waals surface area contributed by atoms with E-state index >= 15 is 0 Å². The molecule has 0 unspecified atom stereocenters. The molecular formula is C27H46O2. The number of allylic oxidation sites excluding steroid dienone is 8. The van der Waals surface area contributed by atoms with Crippen molar-refractivity contribution in [2.45, 2.75) is 105 Å². The average molecular weight is 403 g/mol. The van der Waals surface area contributed by atoms with E-state index in [1.807, 2.05) is 0 Å². The van der Waals surface area contributed by atoms with Crippen molar-refractivity contribution in [1.29, 1.82) is 0 Å². The second kappa shape index (κ2) is 19.7. The minimum atomic E-state index is -0.0618. The van der Waals surface area contributed by atoms with E-state index in [0.717, 1.165) is 32.1 Å². The van der Waals surface area contributed by atoms with Crippen molar-refractivity contribution < 1.29 is 9.53 Å². The first-order chi connectivity index (χ1) is 14.0. The van der Waals surface area contributed by atoms with Gasteiger partial charge in [0.1, 0.15) is 6.10 Å². The van der Waals surface area contributed by atoms with Gasteiger partial charge in [-0.2, -0.15) is 0 Å². The molecule has 0 radical (unpaired) electrons. The fourth-order valence-corrected chi connectivity index (χ4v) is 3.18. The molecule has 0 bridgehead atoms. The van der Waals surface area contributed by atoms with E-state index in [1.165, 1.54) is 25.7 Å². The van der Waals surface area contributed by atoms with Crippen molar-refractivity contribution in [3.05, 3.63) is 48.6 Å². The predicted octanol–water partition coefficient (Wildman–Crippen LogP) is 8.36. The standard InChI is InChI=1S/C27H46O2/c1-6-7-8-9-10-11-12-13-14-15-16-17-18-19-20-21-22-23-26(28)29-27(24(2)3)25(4)5/h10-11,13-14,16-17,19-20,24-25,27H,6-9,12,15,18,21-23H2,1-5H3/b11-10-,14-13-,17-16-,20-19-. The van der Waals surface area contributed by atoms with E-state index in [2.05, 4.69) is 83.2 Å². The SMILES string of the molecule is CCCCC/C=C\C/C=C\C/C=C\C/C=C\CCCC(=O)OC(C(C)C)C(C)C. The van der Waals surface area contributed by atoms with E-state index in [-0.39, 0.29) is 12.1 Å². The number of rotatable bonds is 17. The zero-order valence-electron chi connectivity index (χ0n) is 19.7. The molecule has 0 aliphatic rings. The van der Waals surface area contributed by atoms with E-state index < -0.39 is 0 Å². The molecule has 0 atom stereocenters. The van der Waals surface area contributed by atoms with Crippen molar-refractivity contribution in [3.8, 4) is 0 Å². The van der Waals surface area contributed by atoms with Crippen molar-refractivity contribution in [2.24, 2.45) is 11.8 Å². The second-order valence-electron chi connectivity index (χ2n) is 8.42. The first-order valence-corrected chi connectivity index (χ1v) is 11.8. The largest absolute Gasteiger partial charge is 0.462 e. The molecule has 29 heavy (non-hydrogen) atoms. The zero-order valence-corrected chi connectivity index (χ0v) is 19.7. The summed E-state index contributed by atoms with van der Waals surface area (Å²) in [6.07, 6.45) is 28.2. The Labute approximate surface area is 181 Å². The van der Waals surface area contributed by atoms with Gasteiger partial charge in [-0.25, -0.2) is 0 Å². The Hall–Kier alpha value is -1.57. The Morgan fingerprint density at radius 2 is 1.14 bits per heavy atom. The summed E-state index contributed by atoms with van der Waals surface area (Å²) < 4.78 is 5.62. The first kappa shape index (κ1) is 27.4. The van der Waals surface area contributed by atoms with Gasteiger partial charge in [0.2, 0.25) is 0 Å². The summed E-state index contributed by atoms with van der Waals surface area (Å²) in [7, 11) is 0. The Morgan fingerprint density at radius 1 is 0.690 bits per heavy atom. The minimum Gasteiger partial charge on any atom is -0.462 e. The van der Waals surface area contributed by atoms with Crippen LogP contribution in [-0.2, 0) is 9.53 Å². The number of ether oxygens (including phenoxy) is 1. The maximum absolute atomic E-state index is 12.0. The van der Waals surface area contributed by atoms with E-state index in [4.69, 9.17) is 4.74 Å². The van der Waals surface area contributed by atoms with Crippen LogP contribution in [0.1, 0.15) is 98.8 Å². The molecule has 0 rings (SSSR count). The molecule has 0 N–H and O–H groups in total. The molecule has 0 heterocycles. The van der Waals surface area contributed by atoms with Gasteiger partial charge < -0.3 is 4.74 Å². The third kappa shape index (κ3) is 18.2.